The zero-order valence-corrected chi connectivity index (χ0v) is 14.4. The summed E-state index contributed by atoms with van der Waals surface area (Å²) in [6, 6.07) is 6.39. The molecule has 0 amide bonds. The van der Waals surface area contributed by atoms with Crippen LogP contribution < -0.4 is 14.4 Å². The summed E-state index contributed by atoms with van der Waals surface area (Å²) in [4.78, 5) is 5.12. The molecule has 1 saturated heterocycles. The molecule has 23 heavy (non-hydrogen) atoms. The molecule has 4 nitrogen and oxygen atoms in total. The monoisotopic (exact) mass is 318 g/mol. The Hall–Kier alpha value is -1.42. The van der Waals surface area contributed by atoms with Crippen LogP contribution in [-0.4, -0.2) is 50.8 Å². The van der Waals surface area contributed by atoms with E-state index in [2.05, 4.69) is 34.9 Å². The molecule has 2 heterocycles. The molecule has 0 unspecified atom stereocenters. The van der Waals surface area contributed by atoms with E-state index in [0.717, 1.165) is 31.1 Å². The summed E-state index contributed by atoms with van der Waals surface area (Å²) in [7, 11) is 0. The zero-order valence-electron chi connectivity index (χ0n) is 14.4. The van der Waals surface area contributed by atoms with Crippen LogP contribution in [0.1, 0.15) is 39.0 Å². The largest absolute Gasteiger partial charge is 0.486 e. The van der Waals surface area contributed by atoms with Crippen molar-refractivity contribution in [3.63, 3.8) is 0 Å². The standard InChI is InChI=1S/C19H30N2O2/c1-2-3-11-21(13-12-20-9-5-4-6-10-20)17-7-8-18-19(16-17)23-15-14-22-18/h7-8,16H,2-6,9-15H2,1H3. The second-order valence-electron chi connectivity index (χ2n) is 6.57. The lowest BCUT2D eigenvalue weighted by atomic mass is 10.1. The first-order chi connectivity index (χ1) is 11.4. The van der Waals surface area contributed by atoms with E-state index in [0.29, 0.717) is 13.2 Å². The van der Waals surface area contributed by atoms with Gasteiger partial charge in [0.05, 0.1) is 0 Å². The predicted molar refractivity (Wildman–Crippen MR) is 94.8 cm³/mol. The molecule has 3 rings (SSSR count). The molecular weight excluding hydrogens is 288 g/mol. The van der Waals surface area contributed by atoms with E-state index < -0.39 is 0 Å². The van der Waals surface area contributed by atoms with Crippen LogP contribution in [-0.2, 0) is 0 Å². The fourth-order valence-electron chi connectivity index (χ4n) is 3.39. The number of ether oxygens (including phenoxy) is 2. The van der Waals surface area contributed by atoms with Crippen LogP contribution in [0.25, 0.3) is 0 Å². The molecule has 128 valence electrons. The lowest BCUT2D eigenvalue weighted by Gasteiger charge is -2.31. The van der Waals surface area contributed by atoms with Gasteiger partial charge in [0.1, 0.15) is 13.2 Å². The maximum atomic E-state index is 5.75. The maximum absolute atomic E-state index is 5.75. The molecule has 4 heteroatoms. The summed E-state index contributed by atoms with van der Waals surface area (Å²) in [5.41, 5.74) is 1.26. The highest BCUT2D eigenvalue weighted by molar-refractivity contribution is 5.56. The molecule has 2 aliphatic rings. The smallest absolute Gasteiger partial charge is 0.163 e. The Balaban J connectivity index is 1.64. The Morgan fingerprint density at radius 3 is 2.57 bits per heavy atom. The molecule has 2 aliphatic heterocycles. The van der Waals surface area contributed by atoms with Gasteiger partial charge in [-0.15, -0.1) is 0 Å². The van der Waals surface area contributed by atoms with Crippen molar-refractivity contribution in [2.75, 3.05) is 50.8 Å². The van der Waals surface area contributed by atoms with Gasteiger partial charge in [0.2, 0.25) is 0 Å². The maximum Gasteiger partial charge on any atom is 0.163 e. The average Bonchev–Trinajstić information content (AvgIpc) is 2.62. The van der Waals surface area contributed by atoms with Gasteiger partial charge in [0, 0.05) is 31.4 Å². The number of benzene rings is 1. The first-order valence-corrected chi connectivity index (χ1v) is 9.24. The fraction of sp³-hybridized carbons (Fsp3) is 0.684. The molecule has 0 saturated carbocycles. The number of nitrogens with zero attached hydrogens (tertiary/aromatic N) is 2. The third-order valence-corrected chi connectivity index (χ3v) is 4.81. The summed E-state index contributed by atoms with van der Waals surface area (Å²) in [5.74, 6) is 1.78. The van der Waals surface area contributed by atoms with Crippen LogP contribution in [0, 0.1) is 0 Å². The summed E-state index contributed by atoms with van der Waals surface area (Å²) < 4.78 is 11.4. The third kappa shape index (κ3) is 4.54. The Morgan fingerprint density at radius 1 is 1.00 bits per heavy atom. The van der Waals surface area contributed by atoms with Crippen LogP contribution >= 0.6 is 0 Å². The second kappa shape index (κ2) is 8.44. The highest BCUT2D eigenvalue weighted by Gasteiger charge is 2.16. The van der Waals surface area contributed by atoms with Gasteiger partial charge in [-0.1, -0.05) is 19.8 Å². The van der Waals surface area contributed by atoms with Crippen LogP contribution in [0.5, 0.6) is 11.5 Å². The zero-order chi connectivity index (χ0) is 15.9. The number of piperidine rings is 1. The number of anilines is 1. The Morgan fingerprint density at radius 2 is 1.78 bits per heavy atom. The number of rotatable bonds is 7. The van der Waals surface area contributed by atoms with Gasteiger partial charge in [-0.3, -0.25) is 0 Å². The highest BCUT2D eigenvalue weighted by atomic mass is 16.6. The van der Waals surface area contributed by atoms with Crippen molar-refractivity contribution in [3.8, 4) is 11.5 Å². The van der Waals surface area contributed by atoms with Gasteiger partial charge in [0.15, 0.2) is 11.5 Å². The van der Waals surface area contributed by atoms with E-state index in [1.807, 2.05) is 0 Å². The van der Waals surface area contributed by atoms with Crippen LogP contribution in [0.3, 0.4) is 0 Å². The average molecular weight is 318 g/mol. The number of hydrogen-bond acceptors (Lipinski definition) is 4. The lowest BCUT2D eigenvalue weighted by Crippen LogP contribution is -2.38. The number of fused-ring (bicyclic) bond motifs is 1. The van der Waals surface area contributed by atoms with Crippen molar-refractivity contribution in [1.29, 1.82) is 0 Å². The fourth-order valence-corrected chi connectivity index (χ4v) is 3.39. The topological polar surface area (TPSA) is 24.9 Å². The van der Waals surface area contributed by atoms with E-state index in [-0.39, 0.29) is 0 Å². The second-order valence-corrected chi connectivity index (χ2v) is 6.57. The molecule has 0 aliphatic carbocycles. The van der Waals surface area contributed by atoms with Crippen molar-refractivity contribution in [2.24, 2.45) is 0 Å². The Bertz CT molecular complexity index is 486. The molecule has 0 N–H and O–H groups in total. The Kier molecular flexibility index (Phi) is 6.03. The highest BCUT2D eigenvalue weighted by Crippen LogP contribution is 2.34. The molecule has 0 spiro atoms. The van der Waals surface area contributed by atoms with Gasteiger partial charge >= 0.3 is 0 Å². The molecule has 0 aromatic heterocycles. The predicted octanol–water partition coefficient (Wildman–Crippen LogP) is 3.55. The number of likely N-dealkylation sites (tertiary alicyclic amines) is 1. The van der Waals surface area contributed by atoms with Gasteiger partial charge in [-0.05, 0) is 44.5 Å². The van der Waals surface area contributed by atoms with E-state index in [9.17, 15) is 0 Å². The normalized spacial score (nSPS) is 18.0. The SMILES string of the molecule is CCCCN(CCN1CCCCC1)c1ccc2c(c1)OCCO2. The van der Waals surface area contributed by atoms with E-state index in [1.165, 1.54) is 50.9 Å². The number of unbranched alkanes of at least 4 members (excludes halogenated alkanes) is 1. The van der Waals surface area contributed by atoms with Crippen molar-refractivity contribution in [3.05, 3.63) is 18.2 Å². The van der Waals surface area contributed by atoms with Crippen molar-refractivity contribution in [2.45, 2.75) is 39.0 Å². The van der Waals surface area contributed by atoms with Gasteiger partial charge in [0.25, 0.3) is 0 Å². The summed E-state index contributed by atoms with van der Waals surface area (Å²) in [6.45, 7) is 9.47. The summed E-state index contributed by atoms with van der Waals surface area (Å²) in [5, 5.41) is 0. The van der Waals surface area contributed by atoms with Gasteiger partial charge in [-0.2, -0.15) is 0 Å². The summed E-state index contributed by atoms with van der Waals surface area (Å²) in [6.07, 6.45) is 6.58. The lowest BCUT2D eigenvalue weighted by molar-refractivity contribution is 0.171. The minimum absolute atomic E-state index is 0.652. The van der Waals surface area contributed by atoms with Gasteiger partial charge in [-0.25, -0.2) is 0 Å². The minimum Gasteiger partial charge on any atom is -0.486 e. The summed E-state index contributed by atoms with van der Waals surface area (Å²) >= 11 is 0. The van der Waals surface area contributed by atoms with E-state index in [1.54, 1.807) is 0 Å². The molecule has 1 fully saturated rings. The Labute approximate surface area is 140 Å². The minimum atomic E-state index is 0.652. The number of hydrogen-bond donors (Lipinski definition) is 0. The van der Waals surface area contributed by atoms with Crippen LogP contribution in [0.4, 0.5) is 5.69 Å². The van der Waals surface area contributed by atoms with Gasteiger partial charge < -0.3 is 19.3 Å². The van der Waals surface area contributed by atoms with E-state index in [4.69, 9.17) is 9.47 Å². The first-order valence-electron chi connectivity index (χ1n) is 9.24. The van der Waals surface area contributed by atoms with Crippen molar-refractivity contribution in [1.82, 2.24) is 4.90 Å². The molecule has 1 aromatic carbocycles. The molecular formula is C19H30N2O2. The molecule has 0 radical (unpaired) electrons. The van der Waals surface area contributed by atoms with Crippen LogP contribution in [0.15, 0.2) is 18.2 Å². The van der Waals surface area contributed by atoms with Crippen molar-refractivity contribution >= 4 is 5.69 Å². The molecule has 0 bridgehead atoms. The van der Waals surface area contributed by atoms with E-state index >= 15 is 0 Å². The third-order valence-electron chi connectivity index (χ3n) is 4.81. The quantitative estimate of drug-likeness (QED) is 0.767. The molecule has 1 aromatic rings. The van der Waals surface area contributed by atoms with Crippen LogP contribution in [0.2, 0.25) is 0 Å². The first kappa shape index (κ1) is 16.4. The van der Waals surface area contributed by atoms with Crippen molar-refractivity contribution < 1.29 is 9.47 Å². The molecule has 0 atom stereocenters.